The highest BCUT2D eigenvalue weighted by atomic mass is 16.6. The quantitative estimate of drug-likeness (QED) is 0.363. The normalized spacial score (nSPS) is 10.6. The van der Waals surface area contributed by atoms with Crippen LogP contribution in [0.4, 0.5) is 5.69 Å². The highest BCUT2D eigenvalue weighted by Gasteiger charge is 2.27. The number of esters is 1. The van der Waals surface area contributed by atoms with Gasteiger partial charge in [0.05, 0.1) is 16.1 Å². The number of benzene rings is 1. The number of amides is 1. The number of carbonyl (C=O) groups excluding carboxylic acids is 2. The van der Waals surface area contributed by atoms with Crippen LogP contribution in [0.15, 0.2) is 48.7 Å². The summed E-state index contributed by atoms with van der Waals surface area (Å²) in [6.45, 7) is 3.36. The maximum absolute atomic E-state index is 12.3. The second-order valence-corrected chi connectivity index (χ2v) is 6.63. The summed E-state index contributed by atoms with van der Waals surface area (Å²) in [6, 6.07) is 11.2. The maximum Gasteiger partial charge on any atom is 0.309 e. The van der Waals surface area contributed by atoms with Gasteiger partial charge in [0.2, 0.25) is 5.88 Å². The Kier molecular flexibility index (Phi) is 5.91. The van der Waals surface area contributed by atoms with Gasteiger partial charge < -0.3 is 15.0 Å². The number of non-ortho nitro benzene ring substituents is 1. The number of aromatic nitrogens is 2. The number of ether oxygens (including phenoxy) is 1. The van der Waals surface area contributed by atoms with Gasteiger partial charge in [-0.05, 0) is 36.8 Å². The first-order chi connectivity index (χ1) is 14.3. The van der Waals surface area contributed by atoms with E-state index < -0.39 is 16.8 Å². The molecular formula is C21H20N4O5. The van der Waals surface area contributed by atoms with E-state index in [0.717, 1.165) is 5.69 Å². The molecule has 1 amide bonds. The van der Waals surface area contributed by atoms with Crippen molar-refractivity contribution in [2.24, 2.45) is 5.73 Å². The van der Waals surface area contributed by atoms with Gasteiger partial charge in [-0.3, -0.25) is 24.7 Å². The Labute approximate surface area is 172 Å². The van der Waals surface area contributed by atoms with Gasteiger partial charge in [0.25, 0.3) is 11.6 Å². The monoisotopic (exact) mass is 408 g/mol. The molecule has 2 heterocycles. The molecule has 0 atom stereocenters. The summed E-state index contributed by atoms with van der Waals surface area (Å²) in [5.74, 6) is -1.09. The smallest absolute Gasteiger partial charge is 0.309 e. The molecule has 0 aliphatic carbocycles. The van der Waals surface area contributed by atoms with Gasteiger partial charge in [0.15, 0.2) is 0 Å². The van der Waals surface area contributed by atoms with Crippen LogP contribution in [-0.2, 0) is 17.8 Å². The van der Waals surface area contributed by atoms with Crippen LogP contribution in [0.1, 0.15) is 28.7 Å². The molecule has 9 nitrogen and oxygen atoms in total. The molecule has 2 aromatic heterocycles. The van der Waals surface area contributed by atoms with Crippen molar-refractivity contribution in [3.8, 4) is 17.0 Å². The van der Waals surface area contributed by atoms with Crippen molar-refractivity contribution < 1.29 is 19.2 Å². The maximum atomic E-state index is 12.3. The molecule has 0 fully saturated rings. The second kappa shape index (κ2) is 8.56. The second-order valence-electron chi connectivity index (χ2n) is 6.63. The van der Waals surface area contributed by atoms with E-state index in [4.69, 9.17) is 10.5 Å². The third-order valence-corrected chi connectivity index (χ3v) is 4.65. The lowest BCUT2D eigenvalue weighted by atomic mass is 10.0. The highest BCUT2D eigenvalue weighted by molar-refractivity contribution is 6.03. The van der Waals surface area contributed by atoms with Gasteiger partial charge in [-0.1, -0.05) is 6.07 Å². The number of primary amides is 1. The van der Waals surface area contributed by atoms with Crippen molar-refractivity contribution in [1.29, 1.82) is 0 Å². The zero-order valence-electron chi connectivity index (χ0n) is 16.5. The molecular weight excluding hydrogens is 388 g/mol. The molecule has 0 aliphatic rings. The third-order valence-electron chi connectivity index (χ3n) is 4.65. The van der Waals surface area contributed by atoms with E-state index in [-0.39, 0.29) is 17.1 Å². The minimum absolute atomic E-state index is 0.0975. The van der Waals surface area contributed by atoms with Crippen molar-refractivity contribution in [1.82, 2.24) is 9.55 Å². The zero-order valence-corrected chi connectivity index (χ0v) is 16.5. The minimum Gasteiger partial charge on any atom is -0.409 e. The molecule has 0 saturated heterocycles. The van der Waals surface area contributed by atoms with E-state index in [1.165, 1.54) is 31.2 Å². The predicted octanol–water partition coefficient (Wildman–Crippen LogP) is 3.03. The number of nitrogens with two attached hydrogens (primary N) is 1. The number of carbonyl (C=O) groups is 2. The molecule has 0 unspecified atom stereocenters. The summed E-state index contributed by atoms with van der Waals surface area (Å²) in [5, 5.41) is 11.0. The number of hydrogen-bond acceptors (Lipinski definition) is 6. The molecule has 0 aliphatic heterocycles. The van der Waals surface area contributed by atoms with Crippen molar-refractivity contribution in [2.45, 2.75) is 26.8 Å². The SMILES string of the molecule is CC(=O)Oc1c(-c2ccc([N+](=O)[O-])cc2)c(C(N)=O)c(C)n1CCc1ccccn1. The minimum atomic E-state index is -0.689. The summed E-state index contributed by atoms with van der Waals surface area (Å²) >= 11 is 0. The Morgan fingerprint density at radius 3 is 2.43 bits per heavy atom. The molecule has 1 aromatic carbocycles. The number of rotatable bonds is 7. The first-order valence-corrected chi connectivity index (χ1v) is 9.15. The molecule has 9 heteroatoms. The number of nitrogens with zero attached hydrogens (tertiary/aromatic N) is 3. The summed E-state index contributed by atoms with van der Waals surface area (Å²) in [5.41, 5.74) is 7.90. The molecule has 0 bridgehead atoms. The predicted molar refractivity (Wildman–Crippen MR) is 109 cm³/mol. The fraction of sp³-hybridized carbons (Fsp3) is 0.190. The Balaban J connectivity index is 2.14. The number of nitro groups is 1. The van der Waals surface area contributed by atoms with Crippen LogP contribution in [0.3, 0.4) is 0 Å². The van der Waals surface area contributed by atoms with Gasteiger partial charge in [0, 0.05) is 49.6 Å². The summed E-state index contributed by atoms with van der Waals surface area (Å²) < 4.78 is 7.17. The summed E-state index contributed by atoms with van der Waals surface area (Å²) in [7, 11) is 0. The van der Waals surface area contributed by atoms with Crippen molar-refractivity contribution in [3.05, 3.63) is 75.7 Å². The topological polar surface area (TPSA) is 130 Å². The Morgan fingerprint density at radius 2 is 1.90 bits per heavy atom. The van der Waals surface area contributed by atoms with Gasteiger partial charge in [0.1, 0.15) is 0 Å². The van der Waals surface area contributed by atoms with Crippen LogP contribution in [0, 0.1) is 17.0 Å². The van der Waals surface area contributed by atoms with Crippen LogP contribution < -0.4 is 10.5 Å². The van der Waals surface area contributed by atoms with Crippen molar-refractivity contribution >= 4 is 17.6 Å². The summed E-state index contributed by atoms with van der Waals surface area (Å²) in [4.78, 5) is 38.8. The van der Waals surface area contributed by atoms with Crippen LogP contribution in [0.2, 0.25) is 0 Å². The molecule has 0 spiro atoms. The van der Waals surface area contributed by atoms with Crippen molar-refractivity contribution in [2.75, 3.05) is 0 Å². The molecule has 3 rings (SSSR count). The Morgan fingerprint density at radius 1 is 1.20 bits per heavy atom. The van der Waals surface area contributed by atoms with Gasteiger partial charge in [-0.15, -0.1) is 0 Å². The lowest BCUT2D eigenvalue weighted by Crippen LogP contribution is -2.14. The van der Waals surface area contributed by atoms with Crippen molar-refractivity contribution in [3.63, 3.8) is 0 Å². The van der Waals surface area contributed by atoms with E-state index in [0.29, 0.717) is 29.8 Å². The third kappa shape index (κ3) is 4.19. The lowest BCUT2D eigenvalue weighted by Gasteiger charge is -2.12. The Bertz CT molecular complexity index is 1100. The van der Waals surface area contributed by atoms with Crippen LogP contribution in [0.5, 0.6) is 5.88 Å². The summed E-state index contributed by atoms with van der Waals surface area (Å²) in [6.07, 6.45) is 2.21. The standard InChI is InChI=1S/C21H20N4O5/c1-13-18(20(22)27)19(15-6-8-17(9-7-15)25(28)29)21(30-14(2)26)24(13)12-10-16-5-3-4-11-23-16/h3-9,11H,10,12H2,1-2H3,(H2,22,27). The average Bonchev–Trinajstić information content (AvgIpc) is 2.98. The number of aryl methyl sites for hydroxylation is 1. The molecule has 30 heavy (non-hydrogen) atoms. The van der Waals surface area contributed by atoms with E-state index >= 15 is 0 Å². The van der Waals surface area contributed by atoms with E-state index in [1.807, 2.05) is 18.2 Å². The van der Waals surface area contributed by atoms with Crippen LogP contribution in [-0.4, -0.2) is 26.4 Å². The van der Waals surface area contributed by atoms with Gasteiger partial charge in [-0.25, -0.2) is 0 Å². The number of hydrogen-bond donors (Lipinski definition) is 1. The number of pyridine rings is 1. The Hall–Kier alpha value is -4.01. The van der Waals surface area contributed by atoms with Gasteiger partial charge in [-0.2, -0.15) is 0 Å². The fourth-order valence-corrected chi connectivity index (χ4v) is 3.31. The molecule has 0 radical (unpaired) electrons. The van der Waals surface area contributed by atoms with E-state index in [2.05, 4.69) is 4.98 Å². The fourth-order valence-electron chi connectivity index (χ4n) is 3.31. The molecule has 2 N–H and O–H groups in total. The van der Waals surface area contributed by atoms with Crippen LogP contribution >= 0.6 is 0 Å². The largest absolute Gasteiger partial charge is 0.409 e. The average molecular weight is 408 g/mol. The van der Waals surface area contributed by atoms with Crippen LogP contribution in [0.25, 0.3) is 11.1 Å². The van der Waals surface area contributed by atoms with E-state index in [9.17, 15) is 19.7 Å². The van der Waals surface area contributed by atoms with E-state index in [1.54, 1.807) is 17.7 Å². The first kappa shape index (κ1) is 20.7. The lowest BCUT2D eigenvalue weighted by molar-refractivity contribution is -0.384. The number of nitro benzene ring substituents is 1. The molecule has 0 saturated carbocycles. The molecule has 3 aromatic rings. The first-order valence-electron chi connectivity index (χ1n) is 9.15. The van der Waals surface area contributed by atoms with Gasteiger partial charge >= 0.3 is 5.97 Å². The zero-order chi connectivity index (χ0) is 21.8. The highest BCUT2D eigenvalue weighted by Crippen LogP contribution is 2.39. The molecule has 154 valence electrons.